The molecule has 2 N–H and O–H groups in total. The van der Waals surface area contributed by atoms with E-state index in [1.807, 2.05) is 0 Å². The SMILES string of the molecule is OO.[CH2-]P.[Co]. The second-order valence-corrected chi connectivity index (χ2v) is 0. The van der Waals surface area contributed by atoms with E-state index in [2.05, 4.69) is 15.9 Å². The van der Waals surface area contributed by atoms with Crippen molar-refractivity contribution in [1.82, 2.24) is 0 Å². The molecule has 0 aromatic rings. The summed E-state index contributed by atoms with van der Waals surface area (Å²) in [6.07, 6.45) is 0. The van der Waals surface area contributed by atoms with Crippen molar-refractivity contribution in [2.75, 3.05) is 0 Å². The van der Waals surface area contributed by atoms with Crippen molar-refractivity contribution in [3.63, 3.8) is 0 Å². The van der Waals surface area contributed by atoms with Gasteiger partial charge in [0, 0.05) is 16.8 Å². The Morgan fingerprint density at radius 2 is 1.20 bits per heavy atom. The van der Waals surface area contributed by atoms with Gasteiger partial charge < -0.3 is 15.9 Å². The van der Waals surface area contributed by atoms with Gasteiger partial charge in [0.15, 0.2) is 0 Å². The van der Waals surface area contributed by atoms with Crippen LogP contribution in [0.1, 0.15) is 0 Å². The smallest absolute Gasteiger partial charge is 0 e. The first kappa shape index (κ1) is 16.9. The maximum Gasteiger partial charge on any atom is 0 e. The van der Waals surface area contributed by atoms with Crippen molar-refractivity contribution >= 4 is 9.24 Å². The van der Waals surface area contributed by atoms with Crippen LogP contribution in [0, 0.1) is 6.66 Å². The van der Waals surface area contributed by atoms with Crippen LogP contribution < -0.4 is 0 Å². The van der Waals surface area contributed by atoms with E-state index < -0.39 is 0 Å². The van der Waals surface area contributed by atoms with Crippen molar-refractivity contribution in [2.45, 2.75) is 0 Å². The topological polar surface area (TPSA) is 40.5 Å². The van der Waals surface area contributed by atoms with Gasteiger partial charge in [0.1, 0.15) is 0 Å². The van der Waals surface area contributed by atoms with Crippen LogP contribution in [0.15, 0.2) is 0 Å². The second kappa shape index (κ2) is 98.5. The molecule has 0 saturated carbocycles. The van der Waals surface area contributed by atoms with Crippen LogP contribution in [-0.4, -0.2) is 10.5 Å². The number of hydrogen-bond donors (Lipinski definition) is 2. The van der Waals surface area contributed by atoms with Crippen LogP contribution in [-0.2, 0) is 16.8 Å². The molecular weight excluding hydrogens is 134 g/mol. The molecule has 2 nitrogen and oxygen atoms in total. The van der Waals surface area contributed by atoms with E-state index in [1.165, 1.54) is 0 Å². The summed E-state index contributed by atoms with van der Waals surface area (Å²) >= 11 is 0. The van der Waals surface area contributed by atoms with Gasteiger partial charge in [-0.3, -0.25) is 10.5 Å². The van der Waals surface area contributed by atoms with Gasteiger partial charge >= 0.3 is 0 Å². The third kappa shape index (κ3) is 54.0. The largest absolute Gasteiger partial charge is 0.323 e. The summed E-state index contributed by atoms with van der Waals surface area (Å²) in [4.78, 5) is 0. The van der Waals surface area contributed by atoms with Crippen molar-refractivity contribution in [2.24, 2.45) is 0 Å². The summed E-state index contributed by atoms with van der Waals surface area (Å²) in [6, 6.07) is 0. The molecule has 0 aromatic heterocycles. The molecule has 0 rings (SSSR count). The van der Waals surface area contributed by atoms with E-state index in [0.29, 0.717) is 0 Å². The Kier molecular flexibility index (Phi) is 333. The van der Waals surface area contributed by atoms with Crippen molar-refractivity contribution in [3.8, 4) is 0 Å². The molecule has 1 unspecified atom stereocenters. The van der Waals surface area contributed by atoms with Crippen molar-refractivity contribution in [3.05, 3.63) is 6.66 Å². The molecule has 0 spiro atoms. The molecule has 0 aliphatic heterocycles. The third-order valence-corrected chi connectivity index (χ3v) is 0. The number of rotatable bonds is 0. The standard InChI is InChI=1S/CH4P.Co.H2O2/c1-2;;1-2/h1-2H2;;1-2H/q-1;;. The molecule has 0 aliphatic rings. The van der Waals surface area contributed by atoms with E-state index in [0.717, 1.165) is 0 Å². The number of hydrogen-bond acceptors (Lipinski definition) is 2. The maximum absolute atomic E-state index is 6.00. The minimum Gasteiger partial charge on any atom is -0.323 e. The van der Waals surface area contributed by atoms with Gasteiger partial charge in [-0.05, 0) is 0 Å². The monoisotopic (exact) mass is 140 g/mol. The zero-order valence-electron chi connectivity index (χ0n) is 2.51. The molecule has 0 heterocycles. The summed E-state index contributed by atoms with van der Waals surface area (Å²) in [5.74, 6) is 0. The molecule has 4 heteroatoms. The van der Waals surface area contributed by atoms with Crippen LogP contribution in [0.5, 0.6) is 0 Å². The molecular formula is CH6CoO2P-. The predicted octanol–water partition coefficient (Wildman–Crippen LogP) is 0.668. The van der Waals surface area contributed by atoms with Crippen LogP contribution in [0.2, 0.25) is 0 Å². The Morgan fingerprint density at radius 3 is 1.20 bits per heavy atom. The van der Waals surface area contributed by atoms with Crippen LogP contribution >= 0.6 is 9.24 Å². The summed E-state index contributed by atoms with van der Waals surface area (Å²) in [7, 11) is 2.17. The Labute approximate surface area is 43.9 Å². The van der Waals surface area contributed by atoms with Gasteiger partial charge in [-0.1, -0.05) is 0 Å². The zero-order valence-corrected chi connectivity index (χ0v) is 4.71. The van der Waals surface area contributed by atoms with Gasteiger partial charge in [-0.25, -0.2) is 0 Å². The van der Waals surface area contributed by atoms with E-state index in [-0.39, 0.29) is 16.8 Å². The molecule has 1 radical (unpaired) electrons. The van der Waals surface area contributed by atoms with Gasteiger partial charge in [0.2, 0.25) is 0 Å². The normalized spacial score (nSPS) is 2.40. The predicted molar refractivity (Wildman–Crippen MR) is 20.3 cm³/mol. The van der Waals surface area contributed by atoms with Crippen molar-refractivity contribution < 1.29 is 27.3 Å². The Balaban J connectivity index is -0.0000000133. The van der Waals surface area contributed by atoms with E-state index in [1.54, 1.807) is 0 Å². The maximum atomic E-state index is 6.00. The third-order valence-electron chi connectivity index (χ3n) is 0. The van der Waals surface area contributed by atoms with Crippen molar-refractivity contribution in [1.29, 1.82) is 0 Å². The molecule has 5 heavy (non-hydrogen) atoms. The fraction of sp³-hybridized carbons (Fsp3) is 0. The molecule has 0 bridgehead atoms. The molecule has 0 aromatic carbocycles. The van der Waals surface area contributed by atoms with E-state index >= 15 is 0 Å². The molecule has 37 valence electrons. The fourth-order valence-electron chi connectivity index (χ4n) is 0. The molecule has 0 aliphatic carbocycles. The van der Waals surface area contributed by atoms with Crippen LogP contribution in [0.3, 0.4) is 0 Å². The van der Waals surface area contributed by atoms with E-state index in [4.69, 9.17) is 10.5 Å². The second-order valence-electron chi connectivity index (χ2n) is 0. The molecule has 0 fully saturated rings. The summed E-state index contributed by atoms with van der Waals surface area (Å²) < 4.78 is 0. The first-order chi connectivity index (χ1) is 2.00. The van der Waals surface area contributed by atoms with Gasteiger partial charge in [-0.15, -0.1) is 0 Å². The average molecular weight is 140 g/mol. The minimum absolute atomic E-state index is 0. The summed E-state index contributed by atoms with van der Waals surface area (Å²) in [5, 5.41) is 12.0. The Hall–Kier alpha value is 0.856. The average Bonchev–Trinajstić information content (AvgIpc) is 1.50. The van der Waals surface area contributed by atoms with Crippen LogP contribution in [0.4, 0.5) is 0 Å². The van der Waals surface area contributed by atoms with E-state index in [9.17, 15) is 0 Å². The summed E-state index contributed by atoms with van der Waals surface area (Å²) in [5.41, 5.74) is 0. The molecule has 1 atom stereocenters. The Bertz CT molecular complexity index is 9.61. The first-order valence-electron chi connectivity index (χ1n) is 0.608. The summed E-state index contributed by atoms with van der Waals surface area (Å²) in [6.45, 7) is 3.17. The zero-order chi connectivity index (χ0) is 4.00. The van der Waals surface area contributed by atoms with Gasteiger partial charge in [-0.2, -0.15) is 0 Å². The van der Waals surface area contributed by atoms with Gasteiger partial charge in [0.25, 0.3) is 0 Å². The molecule has 0 saturated heterocycles. The minimum atomic E-state index is 0. The van der Waals surface area contributed by atoms with Gasteiger partial charge in [0.05, 0.1) is 0 Å². The fourth-order valence-corrected chi connectivity index (χ4v) is 0. The Morgan fingerprint density at radius 1 is 1.20 bits per heavy atom. The van der Waals surface area contributed by atoms with Crippen LogP contribution in [0.25, 0.3) is 0 Å². The quantitative estimate of drug-likeness (QED) is 0.224. The first-order valence-corrected chi connectivity index (χ1v) is 1.42. The molecule has 0 amide bonds.